The zero-order chi connectivity index (χ0) is 16.8. The molecule has 1 rings (SSSR count). The van der Waals surface area contributed by atoms with Gasteiger partial charge in [0.15, 0.2) is 6.29 Å². The summed E-state index contributed by atoms with van der Waals surface area (Å²) < 4.78 is 5.45. The maximum atomic E-state index is 11.2. The zero-order valence-electron chi connectivity index (χ0n) is 14.3. The molecule has 1 fully saturated rings. The van der Waals surface area contributed by atoms with Gasteiger partial charge in [0.05, 0.1) is 6.10 Å². The average molecular weight is 318 g/mol. The zero-order valence-corrected chi connectivity index (χ0v) is 14.3. The van der Waals surface area contributed by atoms with Gasteiger partial charge in [-0.25, -0.2) is 0 Å². The minimum absolute atomic E-state index is 0.266. The Labute approximate surface area is 134 Å². The van der Waals surface area contributed by atoms with Crippen LogP contribution in [0.3, 0.4) is 0 Å². The number of unbranched alkanes of at least 4 members (excludes halogenated alkanes) is 3. The Balaban J connectivity index is 3.00. The number of hydrogen-bond acceptors (Lipinski definition) is 5. The van der Waals surface area contributed by atoms with Gasteiger partial charge >= 0.3 is 0 Å². The summed E-state index contributed by atoms with van der Waals surface area (Å²) in [6.07, 6.45) is 2.64. The van der Waals surface area contributed by atoms with Crippen molar-refractivity contribution < 1.29 is 25.2 Å². The molecular weight excluding hydrogens is 284 g/mol. The van der Waals surface area contributed by atoms with Crippen LogP contribution in [0.1, 0.15) is 78.6 Å². The fourth-order valence-electron chi connectivity index (χ4n) is 3.39. The van der Waals surface area contributed by atoms with Crippen LogP contribution >= 0.6 is 0 Å². The van der Waals surface area contributed by atoms with Gasteiger partial charge < -0.3 is 25.2 Å². The molecule has 0 radical (unpaired) electrons. The summed E-state index contributed by atoms with van der Waals surface area (Å²) in [5, 5.41) is 42.7. The summed E-state index contributed by atoms with van der Waals surface area (Å²) in [6.45, 7) is 6.02. The summed E-state index contributed by atoms with van der Waals surface area (Å²) in [6, 6.07) is 0. The van der Waals surface area contributed by atoms with Crippen LogP contribution in [-0.4, -0.2) is 50.1 Å². The van der Waals surface area contributed by atoms with E-state index in [0.29, 0.717) is 25.7 Å². The standard InChI is InChI=1S/C17H34O5/c1-4-7-10-13(18)14-16(20,11-8-5-2)17(21,12-9-6-3)15(19)22-14/h13-15,18-21H,4-12H2,1-3H3/t13?,14-,15-,16-,17+/m1/s1. The van der Waals surface area contributed by atoms with Crippen LogP contribution in [0.15, 0.2) is 0 Å². The predicted molar refractivity (Wildman–Crippen MR) is 85.4 cm³/mol. The first kappa shape index (κ1) is 19.8. The lowest BCUT2D eigenvalue weighted by atomic mass is 9.72. The molecule has 5 atom stereocenters. The van der Waals surface area contributed by atoms with Crippen LogP contribution in [0.2, 0.25) is 0 Å². The van der Waals surface area contributed by atoms with Crippen molar-refractivity contribution >= 4 is 0 Å². The number of aliphatic hydroxyl groups is 4. The summed E-state index contributed by atoms with van der Waals surface area (Å²) in [7, 11) is 0. The molecule has 0 spiro atoms. The molecule has 1 aliphatic heterocycles. The second-order valence-electron chi connectivity index (χ2n) is 6.67. The molecule has 0 amide bonds. The molecule has 5 heteroatoms. The predicted octanol–water partition coefficient (Wildman–Crippen LogP) is 2.10. The molecule has 5 nitrogen and oxygen atoms in total. The first-order valence-electron chi connectivity index (χ1n) is 8.83. The van der Waals surface area contributed by atoms with Crippen molar-refractivity contribution in [2.45, 2.75) is 108 Å². The average Bonchev–Trinajstić information content (AvgIpc) is 2.70. The summed E-state index contributed by atoms with van der Waals surface area (Å²) >= 11 is 0. The van der Waals surface area contributed by atoms with Gasteiger partial charge in [0.1, 0.15) is 17.3 Å². The van der Waals surface area contributed by atoms with Gasteiger partial charge in [-0.15, -0.1) is 0 Å². The van der Waals surface area contributed by atoms with E-state index in [9.17, 15) is 20.4 Å². The van der Waals surface area contributed by atoms with E-state index in [1.807, 2.05) is 20.8 Å². The lowest BCUT2D eigenvalue weighted by Gasteiger charge is -2.41. The molecule has 1 heterocycles. The Hall–Kier alpha value is -0.200. The van der Waals surface area contributed by atoms with Crippen molar-refractivity contribution in [2.75, 3.05) is 0 Å². The van der Waals surface area contributed by atoms with E-state index in [1.165, 1.54) is 0 Å². The molecule has 0 aromatic rings. The highest BCUT2D eigenvalue weighted by Gasteiger charge is 2.65. The maximum Gasteiger partial charge on any atom is 0.187 e. The number of rotatable bonds is 10. The molecule has 132 valence electrons. The fourth-order valence-corrected chi connectivity index (χ4v) is 3.39. The van der Waals surface area contributed by atoms with Gasteiger partial charge in [-0.3, -0.25) is 0 Å². The first-order chi connectivity index (χ1) is 10.4. The molecular formula is C17H34O5. The summed E-state index contributed by atoms with van der Waals surface area (Å²) in [5.41, 5.74) is -3.32. The van der Waals surface area contributed by atoms with Crippen molar-refractivity contribution in [1.82, 2.24) is 0 Å². The highest BCUT2D eigenvalue weighted by Crippen LogP contribution is 2.46. The van der Waals surface area contributed by atoms with Gasteiger partial charge in [-0.05, 0) is 19.3 Å². The lowest BCUT2D eigenvalue weighted by molar-refractivity contribution is -0.199. The second kappa shape index (κ2) is 8.60. The molecule has 0 saturated carbocycles. The topological polar surface area (TPSA) is 90.2 Å². The van der Waals surface area contributed by atoms with Gasteiger partial charge in [0.2, 0.25) is 0 Å². The van der Waals surface area contributed by atoms with Crippen molar-refractivity contribution in [2.24, 2.45) is 0 Å². The van der Waals surface area contributed by atoms with E-state index < -0.39 is 29.7 Å². The monoisotopic (exact) mass is 318 g/mol. The largest absolute Gasteiger partial charge is 0.390 e. The molecule has 4 N–H and O–H groups in total. The van der Waals surface area contributed by atoms with E-state index >= 15 is 0 Å². The molecule has 0 aromatic heterocycles. The molecule has 22 heavy (non-hydrogen) atoms. The minimum atomic E-state index is -1.71. The van der Waals surface area contributed by atoms with E-state index in [0.717, 1.165) is 25.7 Å². The Bertz CT molecular complexity index is 324. The van der Waals surface area contributed by atoms with E-state index in [4.69, 9.17) is 4.74 Å². The van der Waals surface area contributed by atoms with E-state index in [1.54, 1.807) is 0 Å². The van der Waals surface area contributed by atoms with Crippen LogP contribution in [0.25, 0.3) is 0 Å². The molecule has 1 saturated heterocycles. The highest BCUT2D eigenvalue weighted by atomic mass is 16.7. The maximum absolute atomic E-state index is 11.2. The Morgan fingerprint density at radius 2 is 1.41 bits per heavy atom. The summed E-state index contributed by atoms with van der Waals surface area (Å²) in [5.74, 6) is 0. The molecule has 0 aliphatic carbocycles. The third-order valence-corrected chi connectivity index (χ3v) is 4.93. The van der Waals surface area contributed by atoms with Gasteiger partial charge in [0, 0.05) is 0 Å². The van der Waals surface area contributed by atoms with Crippen molar-refractivity contribution in [1.29, 1.82) is 0 Å². The minimum Gasteiger partial charge on any atom is -0.390 e. The number of aliphatic hydroxyl groups excluding tert-OH is 2. The lowest BCUT2D eigenvalue weighted by Crippen LogP contribution is -2.61. The number of hydrogen-bond donors (Lipinski definition) is 4. The van der Waals surface area contributed by atoms with Gasteiger partial charge in [-0.1, -0.05) is 59.3 Å². The van der Waals surface area contributed by atoms with Crippen molar-refractivity contribution in [3.05, 3.63) is 0 Å². The van der Waals surface area contributed by atoms with Gasteiger partial charge in [-0.2, -0.15) is 0 Å². The molecule has 0 bridgehead atoms. The van der Waals surface area contributed by atoms with Gasteiger partial charge in [0.25, 0.3) is 0 Å². The first-order valence-corrected chi connectivity index (χ1v) is 8.83. The smallest absolute Gasteiger partial charge is 0.187 e. The van der Waals surface area contributed by atoms with Crippen LogP contribution < -0.4 is 0 Å². The van der Waals surface area contributed by atoms with Crippen LogP contribution in [0.4, 0.5) is 0 Å². The Kier molecular flexibility index (Phi) is 7.75. The van der Waals surface area contributed by atoms with E-state index in [2.05, 4.69) is 0 Å². The quantitative estimate of drug-likeness (QED) is 0.495. The summed E-state index contributed by atoms with van der Waals surface area (Å²) in [4.78, 5) is 0. The second-order valence-corrected chi connectivity index (χ2v) is 6.67. The number of ether oxygens (including phenoxy) is 1. The fraction of sp³-hybridized carbons (Fsp3) is 1.00. The molecule has 0 aromatic carbocycles. The van der Waals surface area contributed by atoms with Crippen molar-refractivity contribution in [3.63, 3.8) is 0 Å². The SMILES string of the molecule is CCCCC(O)[C@H]1O[C@@H](O)[C@@](O)(CCCC)[C@@]1(O)CCCC. The Morgan fingerprint density at radius 1 is 0.909 bits per heavy atom. The van der Waals surface area contributed by atoms with Crippen LogP contribution in [0.5, 0.6) is 0 Å². The molecule has 1 unspecified atom stereocenters. The van der Waals surface area contributed by atoms with Crippen LogP contribution in [-0.2, 0) is 4.74 Å². The van der Waals surface area contributed by atoms with Crippen molar-refractivity contribution in [3.8, 4) is 0 Å². The molecule has 1 aliphatic rings. The highest BCUT2D eigenvalue weighted by molar-refractivity contribution is 5.12. The van der Waals surface area contributed by atoms with E-state index in [-0.39, 0.29) is 6.42 Å². The normalized spacial score (nSPS) is 36.7. The third-order valence-electron chi connectivity index (χ3n) is 4.93. The third kappa shape index (κ3) is 3.82. The van der Waals surface area contributed by atoms with Crippen LogP contribution in [0, 0.1) is 0 Å². The Morgan fingerprint density at radius 3 is 1.91 bits per heavy atom.